The third kappa shape index (κ3) is 4.23. The zero-order valence-electron chi connectivity index (χ0n) is 10.1. The van der Waals surface area contributed by atoms with Gasteiger partial charge in [-0.1, -0.05) is 18.2 Å². The summed E-state index contributed by atoms with van der Waals surface area (Å²) in [6, 6.07) is 10.8. The molecule has 0 radical (unpaired) electrons. The zero-order chi connectivity index (χ0) is 13.5. The van der Waals surface area contributed by atoms with E-state index >= 15 is 0 Å². The summed E-state index contributed by atoms with van der Waals surface area (Å²) >= 11 is 0. The molecule has 0 amide bonds. The number of benzene rings is 1. The quantitative estimate of drug-likeness (QED) is 0.887. The molecular formula is C14H12N2O3. The van der Waals surface area contributed by atoms with Crippen molar-refractivity contribution in [2.45, 2.75) is 0 Å². The number of ether oxygens (including phenoxy) is 1. The highest BCUT2D eigenvalue weighted by Gasteiger charge is 1.99. The molecule has 1 aromatic heterocycles. The minimum Gasteiger partial charge on any atom is -0.482 e. The van der Waals surface area contributed by atoms with Gasteiger partial charge in [-0.15, -0.1) is 0 Å². The molecule has 0 spiro atoms. The number of aromatic nitrogens is 2. The molecule has 1 N–H and O–H groups in total. The maximum atomic E-state index is 10.4. The monoisotopic (exact) mass is 256 g/mol. The molecule has 0 atom stereocenters. The molecule has 5 heteroatoms. The Balaban J connectivity index is 2.06. The van der Waals surface area contributed by atoms with Crippen LogP contribution in [0.2, 0.25) is 0 Å². The molecule has 0 unspecified atom stereocenters. The fourth-order valence-corrected chi connectivity index (χ4v) is 1.44. The Labute approximate surface area is 110 Å². The van der Waals surface area contributed by atoms with Crippen molar-refractivity contribution in [3.63, 3.8) is 0 Å². The Kier molecular flexibility index (Phi) is 4.23. The highest BCUT2D eigenvalue weighted by atomic mass is 16.5. The van der Waals surface area contributed by atoms with Crippen molar-refractivity contribution in [2.24, 2.45) is 0 Å². The van der Waals surface area contributed by atoms with Crippen LogP contribution in [0, 0.1) is 0 Å². The lowest BCUT2D eigenvalue weighted by Crippen LogP contribution is -2.09. The standard InChI is InChI=1S/C14H12N2O3/c17-14(18)10-19-13-5-1-3-11(9-13)6-7-12-4-2-8-15-16-12/h1-9H,10H2,(H,17,18)/b7-6+. The van der Waals surface area contributed by atoms with Crippen LogP contribution in [0.4, 0.5) is 0 Å². The van der Waals surface area contributed by atoms with Gasteiger partial charge in [-0.2, -0.15) is 10.2 Å². The molecular weight excluding hydrogens is 244 g/mol. The number of hydrogen-bond acceptors (Lipinski definition) is 4. The van der Waals surface area contributed by atoms with E-state index in [1.807, 2.05) is 24.3 Å². The third-order valence-corrected chi connectivity index (χ3v) is 2.26. The predicted octanol–water partition coefficient (Wildman–Crippen LogP) is 2.11. The first-order valence-corrected chi connectivity index (χ1v) is 5.64. The van der Waals surface area contributed by atoms with Gasteiger partial charge in [0.2, 0.25) is 0 Å². The smallest absolute Gasteiger partial charge is 0.341 e. The van der Waals surface area contributed by atoms with Crippen molar-refractivity contribution in [1.29, 1.82) is 0 Å². The average molecular weight is 256 g/mol. The van der Waals surface area contributed by atoms with Crippen molar-refractivity contribution in [3.05, 3.63) is 53.9 Å². The summed E-state index contributed by atoms with van der Waals surface area (Å²) in [6.07, 6.45) is 5.29. The van der Waals surface area contributed by atoms with Gasteiger partial charge in [0.15, 0.2) is 6.61 Å². The number of carbonyl (C=O) groups is 1. The number of carboxylic acids is 1. The van der Waals surface area contributed by atoms with E-state index in [1.54, 1.807) is 30.5 Å². The largest absolute Gasteiger partial charge is 0.482 e. The number of carboxylic acid groups (broad SMARTS) is 1. The van der Waals surface area contributed by atoms with Crippen molar-refractivity contribution >= 4 is 18.1 Å². The maximum absolute atomic E-state index is 10.4. The van der Waals surface area contributed by atoms with Crippen molar-refractivity contribution in [2.75, 3.05) is 6.61 Å². The first-order valence-electron chi connectivity index (χ1n) is 5.64. The van der Waals surface area contributed by atoms with Gasteiger partial charge in [0, 0.05) is 6.20 Å². The number of nitrogens with zero attached hydrogens (tertiary/aromatic N) is 2. The summed E-state index contributed by atoms with van der Waals surface area (Å²) in [5.74, 6) is -0.482. The SMILES string of the molecule is O=C(O)COc1cccc(/C=C/c2cccnn2)c1. The number of rotatable bonds is 5. The van der Waals surface area contributed by atoms with Crippen LogP contribution in [-0.4, -0.2) is 27.9 Å². The molecule has 1 heterocycles. The Hall–Kier alpha value is -2.69. The van der Waals surface area contributed by atoms with E-state index in [0.29, 0.717) is 5.75 Å². The molecule has 0 bridgehead atoms. The molecule has 2 aromatic rings. The lowest BCUT2D eigenvalue weighted by atomic mass is 10.2. The molecule has 0 saturated carbocycles. The average Bonchev–Trinajstić information content (AvgIpc) is 2.44. The summed E-state index contributed by atoms with van der Waals surface area (Å²) < 4.78 is 5.10. The minimum absolute atomic E-state index is 0.350. The van der Waals surface area contributed by atoms with E-state index in [2.05, 4.69) is 10.2 Å². The van der Waals surface area contributed by atoms with E-state index in [1.165, 1.54) is 0 Å². The van der Waals surface area contributed by atoms with Gasteiger partial charge in [-0.05, 0) is 35.9 Å². The van der Waals surface area contributed by atoms with Crippen LogP contribution in [0.15, 0.2) is 42.6 Å². The first kappa shape index (κ1) is 12.8. The molecule has 0 aliphatic carbocycles. The van der Waals surface area contributed by atoms with Crippen LogP contribution in [-0.2, 0) is 4.79 Å². The fourth-order valence-electron chi connectivity index (χ4n) is 1.44. The van der Waals surface area contributed by atoms with Crippen molar-refractivity contribution < 1.29 is 14.6 Å². The molecule has 2 rings (SSSR count). The molecule has 0 saturated heterocycles. The Morgan fingerprint density at radius 2 is 2.16 bits per heavy atom. The molecule has 0 aliphatic rings. The van der Waals surface area contributed by atoms with E-state index in [9.17, 15) is 4.79 Å². The second-order valence-corrected chi connectivity index (χ2v) is 3.74. The van der Waals surface area contributed by atoms with Crippen LogP contribution in [0.3, 0.4) is 0 Å². The molecule has 0 aliphatic heterocycles. The van der Waals surface area contributed by atoms with Crippen LogP contribution < -0.4 is 4.74 Å². The van der Waals surface area contributed by atoms with Gasteiger partial charge in [0.05, 0.1) is 5.69 Å². The summed E-state index contributed by atoms with van der Waals surface area (Å²) in [6.45, 7) is -0.350. The maximum Gasteiger partial charge on any atom is 0.341 e. The molecule has 1 aromatic carbocycles. The van der Waals surface area contributed by atoms with E-state index in [0.717, 1.165) is 11.3 Å². The highest BCUT2D eigenvalue weighted by Crippen LogP contribution is 2.15. The lowest BCUT2D eigenvalue weighted by molar-refractivity contribution is -0.139. The second kappa shape index (κ2) is 6.30. The van der Waals surface area contributed by atoms with E-state index < -0.39 is 5.97 Å². The van der Waals surface area contributed by atoms with E-state index in [-0.39, 0.29) is 6.61 Å². The van der Waals surface area contributed by atoms with Gasteiger partial charge >= 0.3 is 5.97 Å². The molecule has 5 nitrogen and oxygen atoms in total. The fraction of sp³-hybridized carbons (Fsp3) is 0.0714. The van der Waals surface area contributed by atoms with Crippen LogP contribution in [0.1, 0.15) is 11.3 Å². The van der Waals surface area contributed by atoms with Gasteiger partial charge in [0.25, 0.3) is 0 Å². The topological polar surface area (TPSA) is 72.3 Å². The normalized spacial score (nSPS) is 10.5. The Morgan fingerprint density at radius 1 is 1.26 bits per heavy atom. The molecule has 0 fully saturated rings. The predicted molar refractivity (Wildman–Crippen MR) is 70.5 cm³/mol. The lowest BCUT2D eigenvalue weighted by Gasteiger charge is -2.03. The third-order valence-electron chi connectivity index (χ3n) is 2.26. The second-order valence-electron chi connectivity index (χ2n) is 3.74. The van der Waals surface area contributed by atoms with Gasteiger partial charge in [-0.25, -0.2) is 4.79 Å². The van der Waals surface area contributed by atoms with Gasteiger partial charge in [0.1, 0.15) is 5.75 Å². The number of aliphatic carboxylic acids is 1. The Bertz CT molecular complexity index is 582. The van der Waals surface area contributed by atoms with Crippen molar-refractivity contribution in [3.8, 4) is 5.75 Å². The van der Waals surface area contributed by atoms with Crippen LogP contribution in [0.25, 0.3) is 12.2 Å². The van der Waals surface area contributed by atoms with Gasteiger partial charge < -0.3 is 9.84 Å². The summed E-state index contributed by atoms with van der Waals surface area (Å²) in [4.78, 5) is 10.4. The zero-order valence-corrected chi connectivity index (χ0v) is 10.1. The van der Waals surface area contributed by atoms with Crippen LogP contribution in [0.5, 0.6) is 5.75 Å². The van der Waals surface area contributed by atoms with Crippen molar-refractivity contribution in [1.82, 2.24) is 10.2 Å². The van der Waals surface area contributed by atoms with Crippen LogP contribution >= 0.6 is 0 Å². The summed E-state index contributed by atoms with van der Waals surface area (Å²) in [5.41, 5.74) is 1.65. The Morgan fingerprint density at radius 3 is 2.89 bits per heavy atom. The van der Waals surface area contributed by atoms with Gasteiger partial charge in [-0.3, -0.25) is 0 Å². The highest BCUT2D eigenvalue weighted by molar-refractivity contribution is 5.69. The molecule has 96 valence electrons. The summed E-state index contributed by atoms with van der Waals surface area (Å²) in [5, 5.41) is 16.2. The van der Waals surface area contributed by atoms with E-state index in [4.69, 9.17) is 9.84 Å². The summed E-state index contributed by atoms with van der Waals surface area (Å²) in [7, 11) is 0. The molecule has 19 heavy (non-hydrogen) atoms. The first-order chi connectivity index (χ1) is 9.24. The number of hydrogen-bond donors (Lipinski definition) is 1. The minimum atomic E-state index is -1.000.